The van der Waals surface area contributed by atoms with Crippen molar-refractivity contribution in [1.82, 2.24) is 10.2 Å². The Bertz CT molecular complexity index is 967. The van der Waals surface area contributed by atoms with Crippen LogP contribution in [0.5, 0.6) is 0 Å². The van der Waals surface area contributed by atoms with Crippen molar-refractivity contribution in [3.05, 3.63) is 71.9 Å². The van der Waals surface area contributed by atoms with Crippen LogP contribution in [0.4, 0.5) is 22.9 Å². The zero-order valence-corrected chi connectivity index (χ0v) is 16.3. The summed E-state index contributed by atoms with van der Waals surface area (Å²) in [5.41, 5.74) is 4.10. The molecule has 7 nitrogen and oxygen atoms in total. The van der Waals surface area contributed by atoms with E-state index in [1.807, 2.05) is 55.5 Å². The summed E-state index contributed by atoms with van der Waals surface area (Å²) >= 11 is 0. The number of carbonyl (C=O) groups excluding carboxylic acids is 1. The highest BCUT2D eigenvalue weighted by Gasteiger charge is 2.17. The van der Waals surface area contributed by atoms with Crippen LogP contribution >= 0.6 is 0 Å². The molecule has 0 bridgehead atoms. The Morgan fingerprint density at radius 2 is 1.72 bits per heavy atom. The van der Waals surface area contributed by atoms with Crippen molar-refractivity contribution in [1.29, 1.82) is 0 Å². The third-order valence-corrected chi connectivity index (χ3v) is 4.73. The third kappa shape index (κ3) is 4.70. The van der Waals surface area contributed by atoms with Crippen molar-refractivity contribution in [2.24, 2.45) is 0 Å². The molecule has 4 rings (SSSR count). The molecule has 0 aliphatic carbocycles. The number of nitrogens with zero attached hydrogens (tertiary/aromatic N) is 3. The molecule has 1 amide bonds. The molecule has 3 aromatic rings. The van der Waals surface area contributed by atoms with Crippen molar-refractivity contribution in [3.8, 4) is 0 Å². The fourth-order valence-corrected chi connectivity index (χ4v) is 3.15. The number of hydrogen-bond acceptors (Lipinski definition) is 6. The summed E-state index contributed by atoms with van der Waals surface area (Å²) < 4.78 is 5.42. The minimum absolute atomic E-state index is 0.260. The molecule has 1 aliphatic heterocycles. The van der Waals surface area contributed by atoms with Gasteiger partial charge >= 0.3 is 0 Å². The third-order valence-electron chi connectivity index (χ3n) is 4.73. The van der Waals surface area contributed by atoms with E-state index in [9.17, 15) is 4.79 Å². The fraction of sp³-hybridized carbons (Fsp3) is 0.227. The second-order valence-corrected chi connectivity index (χ2v) is 6.87. The van der Waals surface area contributed by atoms with E-state index in [2.05, 4.69) is 25.7 Å². The first-order valence-corrected chi connectivity index (χ1v) is 9.59. The summed E-state index contributed by atoms with van der Waals surface area (Å²) in [7, 11) is 0. The number of para-hydroxylation sites is 2. The molecule has 0 spiro atoms. The number of ether oxygens (including phenoxy) is 1. The monoisotopic (exact) mass is 389 g/mol. The standard InChI is InChI=1S/C22H23N5O2/c1-16-6-8-17(9-7-16)23-21-11-10-19(25-26-21)22(28)24-18-4-2-3-5-20(18)27-12-14-29-15-13-27/h2-11H,12-15H2,1H3,(H,23,26)(H,24,28). The van der Waals surface area contributed by atoms with Crippen LogP contribution in [0.2, 0.25) is 0 Å². The molecule has 1 aromatic heterocycles. The molecule has 1 fully saturated rings. The van der Waals surface area contributed by atoms with Crippen LogP contribution in [0.1, 0.15) is 16.1 Å². The zero-order valence-electron chi connectivity index (χ0n) is 16.3. The number of anilines is 4. The molecule has 0 radical (unpaired) electrons. The van der Waals surface area contributed by atoms with E-state index in [0.717, 1.165) is 30.2 Å². The molecule has 0 atom stereocenters. The average molecular weight is 389 g/mol. The van der Waals surface area contributed by atoms with E-state index in [-0.39, 0.29) is 11.6 Å². The number of hydrogen-bond donors (Lipinski definition) is 2. The topological polar surface area (TPSA) is 79.4 Å². The van der Waals surface area contributed by atoms with Crippen LogP contribution in [0.15, 0.2) is 60.7 Å². The predicted octanol–water partition coefficient (Wildman–Crippen LogP) is 3.62. The van der Waals surface area contributed by atoms with Crippen molar-refractivity contribution in [2.75, 3.05) is 41.8 Å². The Morgan fingerprint density at radius 3 is 2.45 bits per heavy atom. The lowest BCUT2D eigenvalue weighted by molar-refractivity contribution is 0.102. The average Bonchev–Trinajstić information content (AvgIpc) is 2.77. The highest BCUT2D eigenvalue weighted by Crippen LogP contribution is 2.26. The van der Waals surface area contributed by atoms with Crippen molar-refractivity contribution < 1.29 is 9.53 Å². The normalized spacial score (nSPS) is 13.8. The van der Waals surface area contributed by atoms with E-state index >= 15 is 0 Å². The molecular formula is C22H23N5O2. The Kier molecular flexibility index (Phi) is 5.67. The number of rotatable bonds is 5. The summed E-state index contributed by atoms with van der Waals surface area (Å²) in [5.74, 6) is 0.291. The number of aromatic nitrogens is 2. The van der Waals surface area contributed by atoms with E-state index in [1.54, 1.807) is 12.1 Å². The maximum atomic E-state index is 12.7. The van der Waals surface area contributed by atoms with Gasteiger partial charge in [0.15, 0.2) is 11.5 Å². The lowest BCUT2D eigenvalue weighted by atomic mass is 10.2. The quantitative estimate of drug-likeness (QED) is 0.694. The molecule has 29 heavy (non-hydrogen) atoms. The van der Waals surface area contributed by atoms with Gasteiger partial charge in [0.1, 0.15) is 0 Å². The van der Waals surface area contributed by atoms with Crippen molar-refractivity contribution in [2.45, 2.75) is 6.92 Å². The van der Waals surface area contributed by atoms with Gasteiger partial charge in [0.05, 0.1) is 24.6 Å². The molecular weight excluding hydrogens is 366 g/mol. The van der Waals surface area contributed by atoms with Crippen LogP contribution in [-0.4, -0.2) is 42.4 Å². The van der Waals surface area contributed by atoms with Crippen molar-refractivity contribution >= 4 is 28.8 Å². The molecule has 2 heterocycles. The van der Waals surface area contributed by atoms with Gasteiger partial charge < -0.3 is 20.3 Å². The first kappa shape index (κ1) is 18.9. The van der Waals surface area contributed by atoms with E-state index < -0.39 is 0 Å². The lowest BCUT2D eigenvalue weighted by Crippen LogP contribution is -2.36. The number of benzene rings is 2. The molecule has 2 aromatic carbocycles. The fourth-order valence-electron chi connectivity index (χ4n) is 3.15. The molecule has 0 unspecified atom stereocenters. The summed E-state index contributed by atoms with van der Waals surface area (Å²) in [6, 6.07) is 19.1. The van der Waals surface area contributed by atoms with Gasteiger partial charge in [0.25, 0.3) is 5.91 Å². The lowest BCUT2D eigenvalue weighted by Gasteiger charge is -2.30. The van der Waals surface area contributed by atoms with E-state index in [1.165, 1.54) is 5.56 Å². The van der Waals surface area contributed by atoms with Gasteiger partial charge in [-0.2, -0.15) is 0 Å². The van der Waals surface area contributed by atoms with Gasteiger partial charge in [-0.25, -0.2) is 0 Å². The highest BCUT2D eigenvalue weighted by molar-refractivity contribution is 6.04. The van der Waals surface area contributed by atoms with Gasteiger partial charge in [-0.1, -0.05) is 29.8 Å². The van der Waals surface area contributed by atoms with Gasteiger partial charge in [-0.05, 0) is 43.3 Å². The largest absolute Gasteiger partial charge is 0.378 e. The van der Waals surface area contributed by atoms with Gasteiger partial charge in [-0.3, -0.25) is 4.79 Å². The maximum Gasteiger partial charge on any atom is 0.276 e. The predicted molar refractivity (Wildman–Crippen MR) is 114 cm³/mol. The van der Waals surface area contributed by atoms with Crippen LogP contribution < -0.4 is 15.5 Å². The molecule has 1 saturated heterocycles. The van der Waals surface area contributed by atoms with Crippen molar-refractivity contribution in [3.63, 3.8) is 0 Å². The van der Waals surface area contributed by atoms with Gasteiger partial charge in [-0.15, -0.1) is 10.2 Å². The number of morpholine rings is 1. The smallest absolute Gasteiger partial charge is 0.276 e. The second kappa shape index (κ2) is 8.70. The summed E-state index contributed by atoms with van der Waals surface area (Å²) in [4.78, 5) is 14.9. The summed E-state index contributed by atoms with van der Waals surface area (Å²) in [6.45, 7) is 5.00. The summed E-state index contributed by atoms with van der Waals surface area (Å²) in [6.07, 6.45) is 0. The Labute approximate surface area is 169 Å². The Balaban J connectivity index is 1.44. The zero-order chi connectivity index (χ0) is 20.1. The number of carbonyl (C=O) groups is 1. The van der Waals surface area contributed by atoms with Gasteiger partial charge in [0.2, 0.25) is 0 Å². The Morgan fingerprint density at radius 1 is 0.966 bits per heavy atom. The van der Waals surface area contributed by atoms with Crippen LogP contribution in [-0.2, 0) is 4.74 Å². The minimum Gasteiger partial charge on any atom is -0.378 e. The Hall–Kier alpha value is -3.45. The maximum absolute atomic E-state index is 12.7. The van der Waals surface area contributed by atoms with Crippen LogP contribution in [0, 0.1) is 6.92 Å². The minimum atomic E-state index is -0.292. The van der Waals surface area contributed by atoms with Crippen LogP contribution in [0.3, 0.4) is 0 Å². The number of nitrogens with one attached hydrogen (secondary N) is 2. The molecule has 1 aliphatic rings. The van der Waals surface area contributed by atoms with E-state index in [4.69, 9.17) is 4.74 Å². The number of aryl methyl sites for hydroxylation is 1. The van der Waals surface area contributed by atoms with Gasteiger partial charge in [0, 0.05) is 18.8 Å². The molecule has 2 N–H and O–H groups in total. The molecule has 148 valence electrons. The number of amides is 1. The molecule has 7 heteroatoms. The second-order valence-electron chi connectivity index (χ2n) is 6.87. The SMILES string of the molecule is Cc1ccc(Nc2ccc(C(=O)Nc3ccccc3N3CCOCC3)nn2)cc1. The van der Waals surface area contributed by atoms with E-state index in [0.29, 0.717) is 19.0 Å². The van der Waals surface area contributed by atoms with Crippen LogP contribution in [0.25, 0.3) is 0 Å². The first-order valence-electron chi connectivity index (χ1n) is 9.59. The summed E-state index contributed by atoms with van der Waals surface area (Å²) in [5, 5.41) is 14.3. The first-order chi connectivity index (χ1) is 14.2. The molecule has 0 saturated carbocycles. The highest BCUT2D eigenvalue weighted by atomic mass is 16.5.